The first-order valence-electron chi connectivity index (χ1n) is 9.56. The van der Waals surface area contributed by atoms with E-state index in [2.05, 4.69) is 15.5 Å². The number of aliphatic hydroxyl groups excluding tert-OH is 1. The monoisotopic (exact) mass is 371 g/mol. The van der Waals surface area contributed by atoms with Crippen LogP contribution in [-0.4, -0.2) is 46.6 Å². The molecule has 0 bridgehead atoms. The van der Waals surface area contributed by atoms with E-state index in [1.54, 1.807) is 0 Å². The fourth-order valence-corrected chi connectivity index (χ4v) is 3.75. The second kappa shape index (κ2) is 8.10. The lowest BCUT2D eigenvalue weighted by Crippen LogP contribution is -2.51. The smallest absolute Gasteiger partial charge is 0.272 e. The molecule has 1 aliphatic heterocycles. The third kappa shape index (κ3) is 3.99. The maximum absolute atomic E-state index is 12.8. The number of carbonyl (C=O) groups excluding carboxylic acids is 1. The molecule has 3 N–H and O–H groups in total. The van der Waals surface area contributed by atoms with Crippen LogP contribution in [0.1, 0.15) is 46.6 Å². The predicted molar refractivity (Wildman–Crippen MR) is 98.7 cm³/mol. The van der Waals surface area contributed by atoms with Crippen LogP contribution in [0.5, 0.6) is 5.75 Å². The first-order chi connectivity index (χ1) is 13.2. The van der Waals surface area contributed by atoms with Crippen molar-refractivity contribution in [3.63, 3.8) is 0 Å². The quantitative estimate of drug-likeness (QED) is 0.744. The summed E-state index contributed by atoms with van der Waals surface area (Å²) in [7, 11) is 0. The normalized spacial score (nSPS) is 22.1. The number of aliphatic hydroxyl groups is 1. The number of fused-ring (bicyclic) bond motifs is 1. The Kier molecular flexibility index (Phi) is 5.40. The van der Waals surface area contributed by atoms with E-state index in [-0.39, 0.29) is 24.7 Å². The Morgan fingerprint density at radius 2 is 2.11 bits per heavy atom. The summed E-state index contributed by atoms with van der Waals surface area (Å²) in [5.41, 5.74) is 3.50. The van der Waals surface area contributed by atoms with Crippen molar-refractivity contribution in [1.29, 1.82) is 0 Å². The van der Waals surface area contributed by atoms with E-state index in [9.17, 15) is 4.79 Å². The highest BCUT2D eigenvalue weighted by Crippen LogP contribution is 2.23. The number of ether oxygens (including phenoxy) is 2. The van der Waals surface area contributed by atoms with Crippen LogP contribution in [0, 0.1) is 0 Å². The highest BCUT2D eigenvalue weighted by atomic mass is 16.5. The van der Waals surface area contributed by atoms with Crippen molar-refractivity contribution < 1.29 is 19.4 Å². The van der Waals surface area contributed by atoms with Crippen LogP contribution in [0.3, 0.4) is 0 Å². The molecule has 4 rings (SSSR count). The van der Waals surface area contributed by atoms with Gasteiger partial charge in [0.05, 0.1) is 19.3 Å². The number of nitrogens with one attached hydrogen (secondary N) is 2. The Morgan fingerprint density at radius 1 is 1.30 bits per heavy atom. The van der Waals surface area contributed by atoms with E-state index in [4.69, 9.17) is 14.6 Å². The predicted octanol–water partition coefficient (Wildman–Crippen LogP) is 1.75. The van der Waals surface area contributed by atoms with Gasteiger partial charge in [-0.1, -0.05) is 12.1 Å². The number of amides is 1. The Bertz CT molecular complexity index is 787. The summed E-state index contributed by atoms with van der Waals surface area (Å²) in [6.45, 7) is 1.01. The molecule has 0 saturated carbocycles. The lowest BCUT2D eigenvalue weighted by molar-refractivity contribution is -0.0135. The molecule has 2 heterocycles. The highest BCUT2D eigenvalue weighted by Gasteiger charge is 2.31. The topological polar surface area (TPSA) is 96.5 Å². The Labute approximate surface area is 158 Å². The van der Waals surface area contributed by atoms with Gasteiger partial charge in [0.2, 0.25) is 0 Å². The average Bonchev–Trinajstić information content (AvgIpc) is 3.14. The van der Waals surface area contributed by atoms with Crippen molar-refractivity contribution in [2.45, 2.75) is 50.9 Å². The number of aromatic nitrogens is 2. The largest absolute Gasteiger partial charge is 0.486 e. The Morgan fingerprint density at radius 3 is 2.93 bits per heavy atom. The van der Waals surface area contributed by atoms with Gasteiger partial charge in [0, 0.05) is 17.9 Å². The zero-order chi connectivity index (χ0) is 18.6. The number of hydrogen-bond donors (Lipinski definition) is 3. The summed E-state index contributed by atoms with van der Waals surface area (Å²) < 4.78 is 11.6. The lowest BCUT2D eigenvalue weighted by atomic mass is 9.95. The van der Waals surface area contributed by atoms with Crippen molar-refractivity contribution in [2.75, 3.05) is 13.2 Å². The molecule has 144 valence electrons. The number of nitrogens with zero attached hydrogens (tertiary/aromatic N) is 1. The van der Waals surface area contributed by atoms with Crippen LogP contribution in [0.4, 0.5) is 0 Å². The minimum atomic E-state index is -0.266. The van der Waals surface area contributed by atoms with Gasteiger partial charge in [-0.3, -0.25) is 9.89 Å². The van der Waals surface area contributed by atoms with Gasteiger partial charge in [-0.2, -0.15) is 5.10 Å². The van der Waals surface area contributed by atoms with Crippen molar-refractivity contribution >= 4 is 5.91 Å². The van der Waals surface area contributed by atoms with Gasteiger partial charge in [0.1, 0.15) is 11.9 Å². The second-order valence-electron chi connectivity index (χ2n) is 7.14. The molecule has 1 aliphatic carbocycles. The summed E-state index contributed by atoms with van der Waals surface area (Å²) in [5, 5.41) is 19.5. The maximum atomic E-state index is 12.8. The SMILES string of the molecule is O=C(N[C@H]1CCOC[C@@H]1Oc1ccc(CO)cc1)c1n[nH]c2c1CCCC2. The Hall–Kier alpha value is -2.38. The molecule has 7 nitrogen and oxygen atoms in total. The standard InChI is InChI=1S/C20H25N3O4/c24-11-13-5-7-14(8-6-13)27-18-12-26-10-9-17(18)21-20(25)19-15-3-1-2-4-16(15)22-23-19/h5-8,17-18,24H,1-4,9-12H2,(H,21,25)(H,22,23)/t17-,18-/m0/s1. The number of carbonyl (C=O) groups is 1. The van der Waals surface area contributed by atoms with Gasteiger partial charge < -0.3 is 19.9 Å². The first kappa shape index (κ1) is 18.0. The number of rotatable bonds is 5. The maximum Gasteiger partial charge on any atom is 0.272 e. The van der Waals surface area contributed by atoms with E-state index < -0.39 is 0 Å². The summed E-state index contributed by atoms with van der Waals surface area (Å²) in [5.74, 6) is 0.546. The van der Waals surface area contributed by atoms with Crippen molar-refractivity contribution in [3.05, 3.63) is 46.8 Å². The number of H-pyrrole nitrogens is 1. The van der Waals surface area contributed by atoms with Crippen LogP contribution < -0.4 is 10.1 Å². The third-order valence-corrected chi connectivity index (χ3v) is 5.29. The highest BCUT2D eigenvalue weighted by molar-refractivity contribution is 5.94. The van der Waals surface area contributed by atoms with Crippen LogP contribution in [0.15, 0.2) is 24.3 Å². The fraction of sp³-hybridized carbons (Fsp3) is 0.500. The van der Waals surface area contributed by atoms with Gasteiger partial charge in [0.25, 0.3) is 5.91 Å². The minimum Gasteiger partial charge on any atom is -0.486 e. The molecule has 2 aliphatic rings. The van der Waals surface area contributed by atoms with Gasteiger partial charge in [-0.15, -0.1) is 0 Å². The van der Waals surface area contributed by atoms with E-state index in [1.807, 2.05) is 24.3 Å². The van der Waals surface area contributed by atoms with E-state index in [0.29, 0.717) is 31.1 Å². The zero-order valence-corrected chi connectivity index (χ0v) is 15.2. The number of hydrogen-bond acceptors (Lipinski definition) is 5. The number of benzene rings is 1. The lowest BCUT2D eigenvalue weighted by Gasteiger charge is -2.32. The molecular formula is C20H25N3O4. The van der Waals surface area contributed by atoms with Gasteiger partial charge in [0.15, 0.2) is 5.69 Å². The van der Waals surface area contributed by atoms with Crippen LogP contribution in [-0.2, 0) is 24.2 Å². The molecule has 27 heavy (non-hydrogen) atoms. The summed E-state index contributed by atoms with van der Waals surface area (Å²) >= 11 is 0. The van der Waals surface area contributed by atoms with E-state index in [1.165, 1.54) is 0 Å². The second-order valence-corrected chi connectivity index (χ2v) is 7.14. The molecule has 0 unspecified atom stereocenters. The molecule has 0 spiro atoms. The molecule has 1 aromatic carbocycles. The first-order valence-corrected chi connectivity index (χ1v) is 9.56. The van der Waals surface area contributed by atoms with Crippen LogP contribution in [0.2, 0.25) is 0 Å². The molecule has 2 aromatic rings. The van der Waals surface area contributed by atoms with Gasteiger partial charge >= 0.3 is 0 Å². The molecule has 1 aromatic heterocycles. The van der Waals surface area contributed by atoms with Crippen molar-refractivity contribution in [1.82, 2.24) is 15.5 Å². The van der Waals surface area contributed by atoms with Crippen LogP contribution in [0.25, 0.3) is 0 Å². The van der Waals surface area contributed by atoms with E-state index >= 15 is 0 Å². The van der Waals surface area contributed by atoms with Crippen LogP contribution >= 0.6 is 0 Å². The average molecular weight is 371 g/mol. The summed E-state index contributed by atoms with van der Waals surface area (Å²) in [6, 6.07) is 7.15. The summed E-state index contributed by atoms with van der Waals surface area (Å²) in [6.07, 6.45) is 4.53. The number of aromatic amines is 1. The van der Waals surface area contributed by atoms with Crippen molar-refractivity contribution in [3.8, 4) is 5.75 Å². The minimum absolute atomic E-state index is 0.000508. The molecule has 0 radical (unpaired) electrons. The Balaban J connectivity index is 1.44. The van der Waals surface area contributed by atoms with Gasteiger partial charge in [-0.25, -0.2) is 0 Å². The van der Waals surface area contributed by atoms with Gasteiger partial charge in [-0.05, 0) is 49.8 Å². The molecule has 1 fully saturated rings. The summed E-state index contributed by atoms with van der Waals surface area (Å²) in [4.78, 5) is 12.8. The molecular weight excluding hydrogens is 346 g/mol. The molecule has 2 atom stereocenters. The number of aryl methyl sites for hydroxylation is 1. The molecule has 1 amide bonds. The van der Waals surface area contributed by atoms with Crippen molar-refractivity contribution in [2.24, 2.45) is 0 Å². The molecule has 1 saturated heterocycles. The third-order valence-electron chi connectivity index (χ3n) is 5.29. The van der Waals surface area contributed by atoms with E-state index in [0.717, 1.165) is 42.5 Å². The molecule has 7 heteroatoms. The fourth-order valence-electron chi connectivity index (χ4n) is 3.75. The zero-order valence-electron chi connectivity index (χ0n) is 15.2.